The maximum absolute atomic E-state index is 13.8. The highest BCUT2D eigenvalue weighted by Crippen LogP contribution is 2.43. The van der Waals surface area contributed by atoms with Gasteiger partial charge in [-0.05, 0) is 24.6 Å². The molecule has 1 aliphatic heterocycles. The van der Waals surface area contributed by atoms with E-state index in [0.717, 1.165) is 0 Å². The number of alkyl halides is 3. The number of aliphatic hydroxyl groups is 1. The van der Waals surface area contributed by atoms with E-state index in [-0.39, 0.29) is 5.56 Å². The van der Waals surface area contributed by atoms with Crippen LogP contribution in [0.1, 0.15) is 17.2 Å². The van der Waals surface area contributed by atoms with E-state index in [2.05, 4.69) is 5.32 Å². The van der Waals surface area contributed by atoms with Crippen molar-refractivity contribution in [2.24, 2.45) is 0 Å². The molecular weight excluding hydrogens is 397 g/mol. The summed E-state index contributed by atoms with van der Waals surface area (Å²) in [6, 6.07) is 9.58. The second-order valence-corrected chi connectivity index (χ2v) is 8.60. The summed E-state index contributed by atoms with van der Waals surface area (Å²) in [5.41, 5.74) is -3.17. The van der Waals surface area contributed by atoms with Gasteiger partial charge in [-0.2, -0.15) is 13.2 Å². The average Bonchev–Trinajstić information content (AvgIpc) is 2.61. The van der Waals surface area contributed by atoms with Crippen LogP contribution >= 0.6 is 0 Å². The monoisotopic (exact) mass is 414 g/mol. The first-order valence-corrected chi connectivity index (χ1v) is 9.75. The molecule has 10 heteroatoms. The zero-order chi connectivity index (χ0) is 20.7. The third kappa shape index (κ3) is 3.33. The smallest absolute Gasteiger partial charge is 0.362 e. The van der Waals surface area contributed by atoms with E-state index in [1.165, 1.54) is 53.8 Å². The third-order valence-electron chi connectivity index (χ3n) is 4.58. The van der Waals surface area contributed by atoms with Gasteiger partial charge in [0.25, 0.3) is 5.72 Å². The van der Waals surface area contributed by atoms with Gasteiger partial charge in [0.05, 0.1) is 10.9 Å². The normalized spacial score (nSPS) is 25.7. The fraction of sp³-hybridized carbons (Fsp3) is 0.278. The molecule has 1 heterocycles. The lowest BCUT2D eigenvalue weighted by Crippen LogP contribution is -2.75. The van der Waals surface area contributed by atoms with Crippen LogP contribution in [0.2, 0.25) is 0 Å². The minimum absolute atomic E-state index is 0.112. The fourth-order valence-corrected chi connectivity index (χ4v) is 5.20. The second kappa shape index (κ2) is 6.78. The molecule has 3 rings (SSSR count). The van der Waals surface area contributed by atoms with Crippen molar-refractivity contribution in [3.8, 4) is 0 Å². The quantitative estimate of drug-likeness (QED) is 0.719. The van der Waals surface area contributed by atoms with E-state index >= 15 is 0 Å². The van der Waals surface area contributed by atoms with Crippen molar-refractivity contribution in [1.29, 1.82) is 0 Å². The lowest BCUT2D eigenvalue weighted by Gasteiger charge is -2.45. The molecule has 28 heavy (non-hydrogen) atoms. The van der Waals surface area contributed by atoms with Gasteiger partial charge in [0.2, 0.25) is 0 Å². The van der Waals surface area contributed by atoms with Gasteiger partial charge in [-0.1, -0.05) is 48.0 Å². The molecule has 0 aliphatic carbocycles. The van der Waals surface area contributed by atoms with Gasteiger partial charge in [0, 0.05) is 0 Å². The van der Waals surface area contributed by atoms with E-state index in [1.807, 2.05) is 0 Å². The Morgan fingerprint density at radius 3 is 2.14 bits per heavy atom. The van der Waals surface area contributed by atoms with Gasteiger partial charge in [-0.25, -0.2) is 13.2 Å². The number of aryl methyl sites for hydroxylation is 1. The lowest BCUT2D eigenvalue weighted by molar-refractivity contribution is -0.273. The van der Waals surface area contributed by atoms with Crippen LogP contribution in [0.4, 0.5) is 18.0 Å². The Kier molecular flexibility index (Phi) is 4.88. The maximum atomic E-state index is 13.8. The van der Waals surface area contributed by atoms with E-state index < -0.39 is 44.0 Å². The number of sulfone groups is 1. The summed E-state index contributed by atoms with van der Waals surface area (Å²) in [6.45, 7) is 1.69. The molecule has 1 aliphatic rings. The van der Waals surface area contributed by atoms with Crippen molar-refractivity contribution in [2.45, 2.75) is 35.0 Å². The molecule has 150 valence electrons. The topological polar surface area (TPSA) is 95.5 Å². The first-order chi connectivity index (χ1) is 13.0. The SMILES string of the molecule is Cc1ccc(S(=O)(=O)[C@@H]2[C@@H](c3ccccc3)NC(=O)N[C@@]2(O)C(F)(F)F)cc1. The molecule has 0 spiro atoms. The van der Waals surface area contributed by atoms with Gasteiger partial charge in [0.15, 0.2) is 9.84 Å². The molecule has 1 fully saturated rings. The Morgan fingerprint density at radius 2 is 1.61 bits per heavy atom. The zero-order valence-electron chi connectivity index (χ0n) is 14.6. The number of carbonyl (C=O) groups is 1. The number of hydrogen-bond donors (Lipinski definition) is 3. The van der Waals surface area contributed by atoms with Crippen LogP contribution in [0, 0.1) is 6.92 Å². The molecule has 0 saturated carbocycles. The molecular formula is C18H17F3N2O4S. The number of benzene rings is 2. The number of urea groups is 1. The number of amides is 2. The van der Waals surface area contributed by atoms with Crippen LogP contribution in [0.15, 0.2) is 59.5 Å². The summed E-state index contributed by atoms with van der Waals surface area (Å²) in [5, 5.41) is 11.6. The van der Waals surface area contributed by atoms with Gasteiger partial charge in [0.1, 0.15) is 5.25 Å². The van der Waals surface area contributed by atoms with E-state index in [1.54, 1.807) is 13.0 Å². The lowest BCUT2D eigenvalue weighted by atomic mass is 9.93. The maximum Gasteiger partial charge on any atom is 0.438 e. The molecule has 3 atom stereocenters. The summed E-state index contributed by atoms with van der Waals surface area (Å²) in [5.74, 6) is 0. The van der Waals surface area contributed by atoms with Crippen LogP contribution in [0.25, 0.3) is 0 Å². The predicted molar refractivity (Wildman–Crippen MR) is 94.0 cm³/mol. The predicted octanol–water partition coefficient (Wildman–Crippen LogP) is 2.44. The molecule has 0 unspecified atom stereocenters. The Balaban J connectivity index is 2.24. The first-order valence-electron chi connectivity index (χ1n) is 8.20. The average molecular weight is 414 g/mol. The van der Waals surface area contributed by atoms with Gasteiger partial charge < -0.3 is 15.7 Å². The number of carbonyl (C=O) groups excluding carboxylic acids is 1. The Morgan fingerprint density at radius 1 is 1.04 bits per heavy atom. The van der Waals surface area contributed by atoms with Gasteiger partial charge in [-0.15, -0.1) is 0 Å². The molecule has 2 aromatic carbocycles. The first kappa shape index (κ1) is 20.2. The standard InChI is InChI=1S/C18H17F3N2O4S/c1-11-7-9-13(10-8-11)28(26,27)15-14(12-5-3-2-4-6-12)22-16(24)23-17(15,25)18(19,20)21/h2-10,14-15,25H,1H3,(H2,22,23,24)/t14-,15-,17+/m1/s1. The fourth-order valence-electron chi connectivity index (χ4n) is 3.17. The minimum atomic E-state index is -5.44. The van der Waals surface area contributed by atoms with Crippen molar-refractivity contribution < 1.29 is 31.5 Å². The van der Waals surface area contributed by atoms with E-state index in [4.69, 9.17) is 0 Å². The minimum Gasteiger partial charge on any atom is -0.362 e. The van der Waals surface area contributed by atoms with Crippen LogP contribution < -0.4 is 10.6 Å². The van der Waals surface area contributed by atoms with Crippen molar-refractivity contribution in [2.75, 3.05) is 0 Å². The highest BCUT2D eigenvalue weighted by molar-refractivity contribution is 7.92. The summed E-state index contributed by atoms with van der Waals surface area (Å²) < 4.78 is 67.8. The highest BCUT2D eigenvalue weighted by atomic mass is 32.2. The molecule has 6 nitrogen and oxygen atoms in total. The van der Waals surface area contributed by atoms with Crippen molar-refractivity contribution in [3.05, 3.63) is 65.7 Å². The summed E-state index contributed by atoms with van der Waals surface area (Å²) >= 11 is 0. The zero-order valence-corrected chi connectivity index (χ0v) is 15.4. The molecule has 0 bridgehead atoms. The number of hydrogen-bond acceptors (Lipinski definition) is 4. The van der Waals surface area contributed by atoms with Gasteiger partial charge in [-0.3, -0.25) is 0 Å². The Hall–Kier alpha value is -2.59. The van der Waals surface area contributed by atoms with Crippen LogP contribution in [0.3, 0.4) is 0 Å². The Bertz CT molecular complexity index is 978. The van der Waals surface area contributed by atoms with Crippen LogP contribution in [-0.2, 0) is 9.84 Å². The third-order valence-corrected chi connectivity index (χ3v) is 6.79. The molecule has 0 radical (unpaired) electrons. The molecule has 2 amide bonds. The number of nitrogens with one attached hydrogen (secondary N) is 2. The highest BCUT2D eigenvalue weighted by Gasteiger charge is 2.68. The molecule has 2 aromatic rings. The summed E-state index contributed by atoms with van der Waals surface area (Å²) in [4.78, 5) is 11.5. The van der Waals surface area contributed by atoms with Crippen LogP contribution in [-0.4, -0.2) is 36.7 Å². The second-order valence-electron chi connectivity index (χ2n) is 6.53. The molecule has 3 N–H and O–H groups in total. The number of halogens is 3. The van der Waals surface area contributed by atoms with E-state index in [9.17, 15) is 31.5 Å². The molecule has 1 saturated heterocycles. The number of rotatable bonds is 3. The van der Waals surface area contributed by atoms with Crippen molar-refractivity contribution in [1.82, 2.24) is 10.6 Å². The summed E-state index contributed by atoms with van der Waals surface area (Å²) in [7, 11) is -4.74. The summed E-state index contributed by atoms with van der Waals surface area (Å²) in [6.07, 6.45) is -5.44. The Labute approximate surface area is 159 Å². The van der Waals surface area contributed by atoms with Crippen LogP contribution in [0.5, 0.6) is 0 Å². The van der Waals surface area contributed by atoms with Crippen molar-refractivity contribution >= 4 is 15.9 Å². The largest absolute Gasteiger partial charge is 0.438 e. The van der Waals surface area contributed by atoms with E-state index in [0.29, 0.717) is 5.56 Å². The van der Waals surface area contributed by atoms with Crippen molar-refractivity contribution in [3.63, 3.8) is 0 Å². The molecule has 0 aromatic heterocycles. The van der Waals surface area contributed by atoms with Gasteiger partial charge >= 0.3 is 12.2 Å².